The van der Waals surface area contributed by atoms with E-state index in [0.29, 0.717) is 6.61 Å². The molecule has 0 radical (unpaired) electrons. The van der Waals surface area contributed by atoms with Crippen LogP contribution >= 0.6 is 0 Å². The molecule has 34 heavy (non-hydrogen) atoms. The lowest BCUT2D eigenvalue weighted by Gasteiger charge is -2.36. The van der Waals surface area contributed by atoms with E-state index in [4.69, 9.17) is 4.74 Å². The van der Waals surface area contributed by atoms with Crippen molar-refractivity contribution in [2.45, 2.75) is 32.9 Å². The number of aryl methyl sites for hydroxylation is 2. The van der Waals surface area contributed by atoms with Crippen LogP contribution < -0.4 is 14.8 Å². The van der Waals surface area contributed by atoms with Crippen molar-refractivity contribution in [1.29, 1.82) is 0 Å². The zero-order valence-electron chi connectivity index (χ0n) is 19.4. The highest BCUT2D eigenvalue weighted by atomic mass is 19.4. The minimum absolute atomic E-state index is 0.0809. The molecule has 1 aliphatic rings. The first-order chi connectivity index (χ1) is 16.3. The highest BCUT2D eigenvalue weighted by molar-refractivity contribution is 5.47. The van der Waals surface area contributed by atoms with Gasteiger partial charge >= 0.3 is 6.36 Å². The van der Waals surface area contributed by atoms with Gasteiger partial charge in [0.05, 0.1) is 6.04 Å². The Morgan fingerprint density at radius 1 is 0.882 bits per heavy atom. The van der Waals surface area contributed by atoms with Gasteiger partial charge in [0.1, 0.15) is 18.1 Å². The summed E-state index contributed by atoms with van der Waals surface area (Å²) in [6.45, 7) is 7.97. The van der Waals surface area contributed by atoms with Gasteiger partial charge in [0.25, 0.3) is 0 Å². The maximum absolute atomic E-state index is 12.6. The first kappa shape index (κ1) is 24.1. The number of hydrogen-bond acceptors (Lipinski definition) is 4. The molecule has 0 bridgehead atoms. The zero-order chi connectivity index (χ0) is 24.1. The van der Waals surface area contributed by atoms with Gasteiger partial charge in [-0.05, 0) is 53.8 Å². The Hall–Kier alpha value is -3.03. The number of rotatable bonds is 7. The Kier molecular flexibility index (Phi) is 7.44. The van der Waals surface area contributed by atoms with Gasteiger partial charge in [-0.15, -0.1) is 13.2 Å². The molecule has 0 amide bonds. The average molecular weight is 471 g/mol. The summed E-state index contributed by atoms with van der Waals surface area (Å²) in [5, 5.41) is 3.36. The number of alkyl halides is 3. The van der Waals surface area contributed by atoms with Crippen LogP contribution in [0.15, 0.2) is 66.7 Å². The molecule has 0 aliphatic carbocycles. The summed E-state index contributed by atoms with van der Waals surface area (Å²) in [5.74, 6) is 0.646. The van der Waals surface area contributed by atoms with Crippen molar-refractivity contribution < 1.29 is 22.6 Å². The van der Waals surface area contributed by atoms with E-state index in [1.165, 1.54) is 12.1 Å². The van der Waals surface area contributed by atoms with Gasteiger partial charge in [0, 0.05) is 26.2 Å². The first-order valence-electron chi connectivity index (χ1n) is 11.4. The van der Waals surface area contributed by atoms with Crippen LogP contribution in [0, 0.1) is 13.8 Å². The largest absolute Gasteiger partial charge is 0.573 e. The van der Waals surface area contributed by atoms with Crippen LogP contribution in [0.4, 0.5) is 13.2 Å². The second kappa shape index (κ2) is 10.5. The molecule has 0 spiro atoms. The quantitative estimate of drug-likeness (QED) is 0.475. The van der Waals surface area contributed by atoms with E-state index in [-0.39, 0.29) is 11.8 Å². The summed E-state index contributed by atoms with van der Waals surface area (Å²) in [4.78, 5) is 2.36. The maximum Gasteiger partial charge on any atom is 0.573 e. The molecular formula is C27H29F3N2O2. The molecule has 180 valence electrons. The maximum atomic E-state index is 12.6. The van der Waals surface area contributed by atoms with Crippen molar-refractivity contribution in [2.75, 3.05) is 26.2 Å². The lowest BCUT2D eigenvalue weighted by molar-refractivity contribution is -0.274. The summed E-state index contributed by atoms with van der Waals surface area (Å²) >= 11 is 0. The highest BCUT2D eigenvalue weighted by Gasteiger charge is 2.31. The van der Waals surface area contributed by atoms with E-state index in [0.717, 1.165) is 59.7 Å². The van der Waals surface area contributed by atoms with E-state index < -0.39 is 6.36 Å². The second-order valence-corrected chi connectivity index (χ2v) is 8.56. The first-order valence-corrected chi connectivity index (χ1v) is 11.4. The predicted molar refractivity (Wildman–Crippen MR) is 126 cm³/mol. The molecule has 1 atom stereocenters. The SMILES string of the molecule is Cc1cc([C@@H](c2ccc(OC(F)(F)F)cc2)N2CCNCC2)cc(C)c1OCc1ccccc1. The minimum atomic E-state index is -4.71. The summed E-state index contributed by atoms with van der Waals surface area (Å²) in [6.07, 6.45) is -4.71. The number of ether oxygens (including phenoxy) is 2. The Labute approximate surface area is 198 Å². The smallest absolute Gasteiger partial charge is 0.488 e. The normalized spacial score (nSPS) is 15.7. The van der Waals surface area contributed by atoms with Crippen LogP contribution in [-0.2, 0) is 6.61 Å². The highest BCUT2D eigenvalue weighted by Crippen LogP contribution is 2.35. The van der Waals surface area contributed by atoms with Crippen molar-refractivity contribution in [1.82, 2.24) is 10.2 Å². The summed E-state index contributed by atoms with van der Waals surface area (Å²) in [5.41, 5.74) is 5.18. The van der Waals surface area contributed by atoms with E-state index in [9.17, 15) is 13.2 Å². The van der Waals surface area contributed by atoms with Crippen molar-refractivity contribution in [3.63, 3.8) is 0 Å². The summed E-state index contributed by atoms with van der Waals surface area (Å²) in [6, 6.07) is 20.4. The van der Waals surface area contributed by atoms with Crippen molar-refractivity contribution in [3.8, 4) is 11.5 Å². The zero-order valence-corrected chi connectivity index (χ0v) is 19.4. The van der Waals surface area contributed by atoms with Gasteiger partial charge in [-0.25, -0.2) is 0 Å². The van der Waals surface area contributed by atoms with E-state index >= 15 is 0 Å². The summed E-state index contributed by atoms with van der Waals surface area (Å²) < 4.78 is 48.0. The number of nitrogens with one attached hydrogen (secondary N) is 1. The van der Waals surface area contributed by atoms with E-state index in [1.807, 2.05) is 44.2 Å². The number of benzene rings is 3. The van der Waals surface area contributed by atoms with Gasteiger partial charge in [0.2, 0.25) is 0 Å². The fraction of sp³-hybridized carbons (Fsp3) is 0.333. The van der Waals surface area contributed by atoms with Gasteiger partial charge in [-0.1, -0.05) is 54.6 Å². The average Bonchev–Trinajstić information content (AvgIpc) is 2.80. The van der Waals surface area contributed by atoms with Crippen LogP contribution in [0.5, 0.6) is 11.5 Å². The van der Waals surface area contributed by atoms with Gasteiger partial charge < -0.3 is 14.8 Å². The molecule has 7 heteroatoms. The van der Waals surface area contributed by atoms with Crippen LogP contribution in [0.2, 0.25) is 0 Å². The third-order valence-corrected chi connectivity index (χ3v) is 5.97. The molecule has 1 aliphatic heterocycles. The van der Waals surface area contributed by atoms with Gasteiger partial charge in [-0.2, -0.15) is 0 Å². The molecule has 1 heterocycles. The molecule has 0 saturated carbocycles. The van der Waals surface area contributed by atoms with E-state index in [2.05, 4.69) is 27.1 Å². The third-order valence-electron chi connectivity index (χ3n) is 5.97. The lowest BCUT2D eigenvalue weighted by atomic mass is 9.93. The molecule has 4 nitrogen and oxygen atoms in total. The van der Waals surface area contributed by atoms with Crippen molar-refractivity contribution >= 4 is 0 Å². The molecule has 4 rings (SSSR count). The van der Waals surface area contributed by atoms with Crippen molar-refractivity contribution in [2.24, 2.45) is 0 Å². The molecular weight excluding hydrogens is 441 g/mol. The Balaban J connectivity index is 1.62. The Bertz CT molecular complexity index is 1060. The van der Waals surface area contributed by atoms with Crippen molar-refractivity contribution in [3.05, 3.63) is 94.5 Å². The minimum Gasteiger partial charge on any atom is -0.488 e. The topological polar surface area (TPSA) is 33.7 Å². The van der Waals surface area contributed by atoms with Gasteiger partial charge in [-0.3, -0.25) is 4.90 Å². The molecule has 1 saturated heterocycles. The number of piperazine rings is 1. The molecule has 0 unspecified atom stereocenters. The fourth-order valence-corrected chi connectivity index (χ4v) is 4.51. The molecule has 3 aromatic carbocycles. The van der Waals surface area contributed by atoms with E-state index in [1.54, 1.807) is 12.1 Å². The third kappa shape index (κ3) is 6.10. The summed E-state index contributed by atoms with van der Waals surface area (Å²) in [7, 11) is 0. The van der Waals surface area contributed by atoms with Crippen LogP contribution in [0.1, 0.15) is 33.9 Å². The monoisotopic (exact) mass is 470 g/mol. The number of halogens is 3. The molecule has 3 aromatic rings. The van der Waals surface area contributed by atoms with Crippen LogP contribution in [-0.4, -0.2) is 37.4 Å². The number of hydrogen-bond donors (Lipinski definition) is 1. The number of nitrogens with zero attached hydrogens (tertiary/aromatic N) is 1. The van der Waals surface area contributed by atoms with Crippen LogP contribution in [0.25, 0.3) is 0 Å². The Morgan fingerprint density at radius 2 is 1.50 bits per heavy atom. The Morgan fingerprint density at radius 3 is 2.09 bits per heavy atom. The van der Waals surface area contributed by atoms with Gasteiger partial charge in [0.15, 0.2) is 0 Å². The second-order valence-electron chi connectivity index (χ2n) is 8.56. The predicted octanol–water partition coefficient (Wildman–Crippen LogP) is 5.78. The van der Waals surface area contributed by atoms with Crippen LogP contribution in [0.3, 0.4) is 0 Å². The lowest BCUT2D eigenvalue weighted by Crippen LogP contribution is -2.45. The fourth-order valence-electron chi connectivity index (χ4n) is 4.51. The molecule has 1 N–H and O–H groups in total. The molecule has 0 aromatic heterocycles. The standard InChI is InChI=1S/C27H29F3N2O2/c1-19-16-23(17-20(2)26(19)33-18-21-6-4-3-5-7-21)25(32-14-12-31-13-15-32)22-8-10-24(11-9-22)34-27(28,29)30/h3-11,16-17,25,31H,12-15,18H2,1-2H3/t25-/m1/s1. The molecule has 1 fully saturated rings.